The van der Waals surface area contributed by atoms with E-state index in [4.69, 9.17) is 4.74 Å². The molecule has 0 bridgehead atoms. The predicted octanol–water partition coefficient (Wildman–Crippen LogP) is 0.335. The SMILES string of the molecule is Cn1ncc(OCC[C@@H]2CC[C@@H]3CN(c4ncccn4)CCN3C2)nc1=O. The van der Waals surface area contributed by atoms with Gasteiger partial charge in [-0.2, -0.15) is 10.1 Å². The number of hydrogen-bond donors (Lipinski definition) is 0. The third kappa shape index (κ3) is 4.24. The highest BCUT2D eigenvalue weighted by Gasteiger charge is 2.33. The minimum Gasteiger partial charge on any atom is -0.476 e. The van der Waals surface area contributed by atoms with Gasteiger partial charge in [0.1, 0.15) is 6.20 Å². The maximum Gasteiger partial charge on any atom is 0.366 e. The minimum absolute atomic E-state index is 0.309. The van der Waals surface area contributed by atoms with Gasteiger partial charge < -0.3 is 9.64 Å². The lowest BCUT2D eigenvalue weighted by molar-refractivity contribution is 0.0847. The minimum atomic E-state index is -0.395. The van der Waals surface area contributed by atoms with Gasteiger partial charge in [0, 0.05) is 51.7 Å². The molecular formula is C18H25N7O2. The van der Waals surface area contributed by atoms with Gasteiger partial charge in [-0.15, -0.1) is 0 Å². The molecule has 0 radical (unpaired) electrons. The van der Waals surface area contributed by atoms with Crippen LogP contribution in [-0.4, -0.2) is 68.5 Å². The van der Waals surface area contributed by atoms with E-state index in [9.17, 15) is 4.79 Å². The number of aryl methyl sites for hydroxylation is 1. The second kappa shape index (κ2) is 7.99. The molecule has 0 aliphatic carbocycles. The van der Waals surface area contributed by atoms with Gasteiger partial charge in [-0.3, -0.25) is 4.90 Å². The van der Waals surface area contributed by atoms with E-state index >= 15 is 0 Å². The first-order valence-electron chi connectivity index (χ1n) is 9.48. The molecule has 2 aromatic rings. The Bertz CT molecular complexity index is 813. The largest absolute Gasteiger partial charge is 0.476 e. The fraction of sp³-hybridized carbons (Fsp3) is 0.611. The Morgan fingerprint density at radius 2 is 2.04 bits per heavy atom. The van der Waals surface area contributed by atoms with Crippen LogP contribution in [0.3, 0.4) is 0 Å². The van der Waals surface area contributed by atoms with Crippen LogP contribution in [0.15, 0.2) is 29.5 Å². The summed E-state index contributed by atoms with van der Waals surface area (Å²) in [5.41, 5.74) is -0.395. The van der Waals surface area contributed by atoms with E-state index in [0.29, 0.717) is 24.4 Å². The molecule has 27 heavy (non-hydrogen) atoms. The van der Waals surface area contributed by atoms with Crippen molar-refractivity contribution in [2.24, 2.45) is 13.0 Å². The van der Waals surface area contributed by atoms with Crippen molar-refractivity contribution < 1.29 is 4.74 Å². The Kier molecular flexibility index (Phi) is 5.28. The number of fused-ring (bicyclic) bond motifs is 1. The normalized spacial score (nSPS) is 23.1. The van der Waals surface area contributed by atoms with Crippen LogP contribution in [0, 0.1) is 5.92 Å². The third-order valence-electron chi connectivity index (χ3n) is 5.44. The fourth-order valence-electron chi connectivity index (χ4n) is 3.91. The number of anilines is 1. The van der Waals surface area contributed by atoms with E-state index in [2.05, 4.69) is 29.9 Å². The number of hydrogen-bond acceptors (Lipinski definition) is 8. The molecule has 4 heterocycles. The summed E-state index contributed by atoms with van der Waals surface area (Å²) in [7, 11) is 1.57. The topological polar surface area (TPSA) is 89.3 Å². The van der Waals surface area contributed by atoms with Crippen molar-refractivity contribution in [2.45, 2.75) is 25.3 Å². The number of aromatic nitrogens is 5. The Morgan fingerprint density at radius 1 is 1.19 bits per heavy atom. The summed E-state index contributed by atoms with van der Waals surface area (Å²) in [6, 6.07) is 2.43. The standard InChI is InChI=1S/C18H25N7O2/c1-23-18(26)22-16(11-21-23)27-10-5-14-3-4-15-13-25(9-8-24(15)12-14)17-19-6-2-7-20-17/h2,6-7,11,14-15H,3-5,8-10,12-13H2,1H3/t14-,15+/m0/s1. The molecule has 0 aromatic carbocycles. The zero-order valence-corrected chi connectivity index (χ0v) is 15.6. The summed E-state index contributed by atoms with van der Waals surface area (Å²) >= 11 is 0. The quantitative estimate of drug-likeness (QED) is 0.743. The summed E-state index contributed by atoms with van der Waals surface area (Å²) in [5.74, 6) is 1.76. The second-order valence-electron chi connectivity index (χ2n) is 7.22. The molecule has 9 heteroatoms. The Hall–Kier alpha value is -2.55. The first kappa shape index (κ1) is 17.8. The van der Waals surface area contributed by atoms with E-state index in [-0.39, 0.29) is 0 Å². The van der Waals surface area contributed by atoms with Gasteiger partial charge in [0.2, 0.25) is 11.8 Å². The molecule has 2 atom stereocenters. The average molecular weight is 371 g/mol. The van der Waals surface area contributed by atoms with Crippen LogP contribution < -0.4 is 15.3 Å². The molecule has 2 aromatic heterocycles. The molecule has 9 nitrogen and oxygen atoms in total. The van der Waals surface area contributed by atoms with Crippen LogP contribution >= 0.6 is 0 Å². The van der Waals surface area contributed by atoms with Gasteiger partial charge in [-0.05, 0) is 31.2 Å². The number of piperazine rings is 1. The summed E-state index contributed by atoms with van der Waals surface area (Å²) in [5, 5.41) is 3.92. The first-order chi connectivity index (χ1) is 13.2. The molecule has 0 saturated carbocycles. The first-order valence-corrected chi connectivity index (χ1v) is 9.48. The molecule has 2 aliphatic rings. The van der Waals surface area contributed by atoms with Gasteiger partial charge in [0.25, 0.3) is 0 Å². The lowest BCUT2D eigenvalue weighted by Gasteiger charge is -2.46. The molecule has 0 amide bonds. The maximum absolute atomic E-state index is 11.5. The van der Waals surface area contributed by atoms with Gasteiger partial charge in [-0.1, -0.05) is 0 Å². The van der Waals surface area contributed by atoms with Gasteiger partial charge in [-0.25, -0.2) is 19.4 Å². The van der Waals surface area contributed by atoms with Crippen LogP contribution in [0.5, 0.6) is 5.88 Å². The third-order valence-corrected chi connectivity index (χ3v) is 5.44. The van der Waals surface area contributed by atoms with Crippen molar-refractivity contribution in [2.75, 3.05) is 37.7 Å². The Morgan fingerprint density at radius 3 is 2.85 bits per heavy atom. The molecule has 4 rings (SSSR count). The van der Waals surface area contributed by atoms with E-state index in [0.717, 1.165) is 38.5 Å². The van der Waals surface area contributed by atoms with E-state index in [1.54, 1.807) is 19.4 Å². The van der Waals surface area contributed by atoms with Crippen molar-refractivity contribution >= 4 is 5.95 Å². The average Bonchev–Trinajstić information content (AvgIpc) is 2.71. The van der Waals surface area contributed by atoms with Crippen molar-refractivity contribution in [3.8, 4) is 5.88 Å². The molecule has 2 aliphatic heterocycles. The molecular weight excluding hydrogens is 346 g/mol. The van der Waals surface area contributed by atoms with Crippen LogP contribution in [0.25, 0.3) is 0 Å². The second-order valence-corrected chi connectivity index (χ2v) is 7.22. The summed E-state index contributed by atoms with van der Waals surface area (Å²) in [6.45, 7) is 4.66. The van der Waals surface area contributed by atoms with Crippen LogP contribution in [0.4, 0.5) is 5.95 Å². The van der Waals surface area contributed by atoms with Crippen LogP contribution in [-0.2, 0) is 7.05 Å². The van der Waals surface area contributed by atoms with Crippen LogP contribution in [0.2, 0.25) is 0 Å². The number of nitrogens with zero attached hydrogens (tertiary/aromatic N) is 7. The molecule has 0 N–H and O–H groups in total. The molecule has 2 fully saturated rings. The lowest BCUT2D eigenvalue weighted by atomic mass is 9.89. The monoisotopic (exact) mass is 371 g/mol. The fourth-order valence-corrected chi connectivity index (χ4v) is 3.91. The van der Waals surface area contributed by atoms with Gasteiger partial charge in [0.15, 0.2) is 0 Å². The predicted molar refractivity (Wildman–Crippen MR) is 99.7 cm³/mol. The van der Waals surface area contributed by atoms with Crippen molar-refractivity contribution in [3.63, 3.8) is 0 Å². The lowest BCUT2D eigenvalue weighted by Crippen LogP contribution is -2.56. The van der Waals surface area contributed by atoms with E-state index < -0.39 is 5.69 Å². The zero-order chi connectivity index (χ0) is 18.6. The molecule has 144 valence electrons. The number of piperidine rings is 1. The summed E-state index contributed by atoms with van der Waals surface area (Å²) < 4.78 is 6.81. The van der Waals surface area contributed by atoms with Crippen molar-refractivity contribution in [3.05, 3.63) is 35.1 Å². The van der Waals surface area contributed by atoms with E-state index in [1.807, 2.05) is 6.07 Å². The number of rotatable bonds is 5. The molecule has 0 unspecified atom stereocenters. The van der Waals surface area contributed by atoms with Crippen molar-refractivity contribution in [1.29, 1.82) is 0 Å². The maximum atomic E-state index is 11.5. The Labute approximate surface area is 158 Å². The zero-order valence-electron chi connectivity index (χ0n) is 15.6. The highest BCUT2D eigenvalue weighted by molar-refractivity contribution is 5.30. The summed E-state index contributed by atoms with van der Waals surface area (Å²) in [4.78, 5) is 29.0. The van der Waals surface area contributed by atoms with Gasteiger partial charge in [0.05, 0.1) is 6.61 Å². The smallest absolute Gasteiger partial charge is 0.366 e. The molecule has 0 spiro atoms. The summed E-state index contributed by atoms with van der Waals surface area (Å²) in [6.07, 6.45) is 8.43. The van der Waals surface area contributed by atoms with Gasteiger partial charge >= 0.3 is 5.69 Å². The van der Waals surface area contributed by atoms with Crippen molar-refractivity contribution in [1.82, 2.24) is 29.6 Å². The highest BCUT2D eigenvalue weighted by Crippen LogP contribution is 2.28. The molecule has 2 saturated heterocycles. The van der Waals surface area contributed by atoms with E-state index in [1.165, 1.54) is 23.7 Å². The highest BCUT2D eigenvalue weighted by atomic mass is 16.5. The Balaban J connectivity index is 1.25. The number of ether oxygens (including phenoxy) is 1. The van der Waals surface area contributed by atoms with Crippen LogP contribution in [0.1, 0.15) is 19.3 Å².